The first-order valence-electron chi connectivity index (χ1n) is 9.59. The topological polar surface area (TPSA) is 72.2 Å². The number of amides is 2. The second-order valence-corrected chi connectivity index (χ2v) is 7.32. The lowest BCUT2D eigenvalue weighted by Gasteiger charge is -2.18. The van der Waals surface area contributed by atoms with Crippen LogP contribution in [0.25, 0.3) is 21.5 Å². The van der Waals surface area contributed by atoms with E-state index in [2.05, 4.69) is 11.4 Å². The van der Waals surface area contributed by atoms with E-state index in [9.17, 15) is 9.59 Å². The minimum atomic E-state index is -0.790. The summed E-state index contributed by atoms with van der Waals surface area (Å²) in [5.74, 6) is -0.848. The van der Waals surface area contributed by atoms with Crippen LogP contribution in [0.4, 0.5) is 0 Å². The molecule has 0 aliphatic rings. The molecule has 4 rings (SSSR count). The molecule has 4 aromatic rings. The molecule has 0 fully saturated rings. The van der Waals surface area contributed by atoms with E-state index in [1.54, 1.807) is 0 Å². The summed E-state index contributed by atoms with van der Waals surface area (Å²) in [6, 6.07) is 24.7. The number of benzene rings is 4. The van der Waals surface area contributed by atoms with Crippen LogP contribution in [-0.2, 0) is 11.2 Å². The van der Waals surface area contributed by atoms with Gasteiger partial charge in [-0.1, -0.05) is 78.4 Å². The molecule has 0 heterocycles. The molecule has 3 N–H and O–H groups in total. The van der Waals surface area contributed by atoms with Crippen LogP contribution in [-0.4, -0.2) is 17.9 Å². The average Bonchev–Trinajstić information content (AvgIpc) is 2.71. The second-order valence-electron chi connectivity index (χ2n) is 7.32. The van der Waals surface area contributed by atoms with Crippen LogP contribution < -0.4 is 11.1 Å². The molecular weight excluding hydrogens is 360 g/mol. The molecule has 0 saturated carbocycles. The van der Waals surface area contributed by atoms with Gasteiger partial charge in [0.2, 0.25) is 5.91 Å². The smallest absolute Gasteiger partial charge is 0.253 e. The standard InChI is InChI=1S/C25H22N2O2/c1-16-7-6-8-17(13-16)14-22(24(26)28)27-25(29)23-20-11-4-2-9-18(20)15-19-10-3-5-12-21(19)23/h2-13,15,22H,14H2,1H3,(H2,26,28)(H,27,29)/t22-/m1/s1. The van der Waals surface area contributed by atoms with E-state index in [4.69, 9.17) is 5.73 Å². The summed E-state index contributed by atoms with van der Waals surface area (Å²) in [5, 5.41) is 6.53. The van der Waals surface area contributed by atoms with Crippen LogP contribution in [0.2, 0.25) is 0 Å². The lowest BCUT2D eigenvalue weighted by Crippen LogP contribution is -2.46. The van der Waals surface area contributed by atoms with Gasteiger partial charge in [0.05, 0.1) is 5.56 Å². The highest BCUT2D eigenvalue weighted by Crippen LogP contribution is 2.28. The zero-order valence-electron chi connectivity index (χ0n) is 16.2. The van der Waals surface area contributed by atoms with Gasteiger partial charge < -0.3 is 11.1 Å². The van der Waals surface area contributed by atoms with Crippen molar-refractivity contribution in [1.29, 1.82) is 0 Å². The highest BCUT2D eigenvalue weighted by molar-refractivity contribution is 6.18. The number of aryl methyl sites for hydroxylation is 1. The molecule has 0 bridgehead atoms. The predicted octanol–water partition coefficient (Wildman–Crippen LogP) is 4.13. The van der Waals surface area contributed by atoms with Gasteiger partial charge in [0.25, 0.3) is 5.91 Å². The van der Waals surface area contributed by atoms with Gasteiger partial charge in [0.1, 0.15) is 6.04 Å². The van der Waals surface area contributed by atoms with Gasteiger partial charge in [-0.05, 0) is 40.1 Å². The molecule has 0 spiro atoms. The van der Waals surface area contributed by atoms with Crippen molar-refractivity contribution in [3.63, 3.8) is 0 Å². The van der Waals surface area contributed by atoms with Gasteiger partial charge in [-0.3, -0.25) is 9.59 Å². The molecular formula is C25H22N2O2. The summed E-state index contributed by atoms with van der Waals surface area (Å²) in [4.78, 5) is 25.4. The third-order valence-corrected chi connectivity index (χ3v) is 5.17. The monoisotopic (exact) mass is 382 g/mol. The number of nitrogens with two attached hydrogens (primary N) is 1. The highest BCUT2D eigenvalue weighted by atomic mass is 16.2. The molecule has 29 heavy (non-hydrogen) atoms. The quantitative estimate of drug-likeness (QED) is 0.510. The molecule has 1 atom stereocenters. The van der Waals surface area contributed by atoms with Crippen LogP contribution in [0.1, 0.15) is 21.5 Å². The first kappa shape index (κ1) is 18.7. The predicted molar refractivity (Wildman–Crippen MR) is 117 cm³/mol. The highest BCUT2D eigenvalue weighted by Gasteiger charge is 2.22. The molecule has 144 valence electrons. The van der Waals surface area contributed by atoms with E-state index in [0.29, 0.717) is 12.0 Å². The van der Waals surface area contributed by atoms with Gasteiger partial charge in [-0.15, -0.1) is 0 Å². The maximum absolute atomic E-state index is 13.3. The Morgan fingerprint density at radius 3 is 2.07 bits per heavy atom. The number of primary amides is 1. The summed E-state index contributed by atoms with van der Waals surface area (Å²) < 4.78 is 0. The van der Waals surface area contributed by atoms with Crippen molar-refractivity contribution in [2.45, 2.75) is 19.4 Å². The Morgan fingerprint density at radius 1 is 0.862 bits per heavy atom. The normalized spacial score (nSPS) is 12.0. The lowest BCUT2D eigenvalue weighted by atomic mass is 9.95. The van der Waals surface area contributed by atoms with E-state index in [-0.39, 0.29) is 5.91 Å². The second kappa shape index (κ2) is 7.76. The summed E-state index contributed by atoms with van der Waals surface area (Å²) >= 11 is 0. The summed E-state index contributed by atoms with van der Waals surface area (Å²) in [7, 11) is 0. The maximum Gasteiger partial charge on any atom is 0.253 e. The summed E-state index contributed by atoms with van der Waals surface area (Å²) in [5.41, 5.74) is 8.23. The van der Waals surface area contributed by atoms with Crippen LogP contribution >= 0.6 is 0 Å². The average molecular weight is 382 g/mol. The van der Waals surface area contributed by atoms with E-state index in [1.165, 1.54) is 0 Å². The van der Waals surface area contributed by atoms with Gasteiger partial charge in [-0.2, -0.15) is 0 Å². The molecule has 2 amide bonds. The van der Waals surface area contributed by atoms with E-state index in [1.807, 2.05) is 79.7 Å². The van der Waals surface area contributed by atoms with Crippen LogP contribution in [0.3, 0.4) is 0 Å². The van der Waals surface area contributed by atoms with E-state index < -0.39 is 11.9 Å². The van der Waals surface area contributed by atoms with Crippen LogP contribution in [0.5, 0.6) is 0 Å². The number of fused-ring (bicyclic) bond motifs is 2. The van der Waals surface area contributed by atoms with Crippen molar-refractivity contribution in [3.05, 3.63) is 95.6 Å². The van der Waals surface area contributed by atoms with E-state index in [0.717, 1.165) is 32.7 Å². The summed E-state index contributed by atoms with van der Waals surface area (Å²) in [6.45, 7) is 1.99. The number of nitrogens with one attached hydrogen (secondary N) is 1. The number of carbonyl (C=O) groups excluding carboxylic acids is 2. The molecule has 4 nitrogen and oxygen atoms in total. The summed E-state index contributed by atoms with van der Waals surface area (Å²) in [6.07, 6.45) is 0.353. The number of hydrogen-bond donors (Lipinski definition) is 2. The Kier molecular flexibility index (Phi) is 5.00. The van der Waals surface area contributed by atoms with Gasteiger partial charge in [0, 0.05) is 6.42 Å². The molecule has 0 saturated heterocycles. The Balaban J connectivity index is 1.74. The van der Waals surface area contributed by atoms with Crippen LogP contribution in [0, 0.1) is 6.92 Å². The minimum absolute atomic E-state index is 0.297. The Bertz CT molecular complexity index is 1180. The first-order valence-corrected chi connectivity index (χ1v) is 9.59. The van der Waals surface area contributed by atoms with Crippen LogP contribution in [0.15, 0.2) is 78.9 Å². The Morgan fingerprint density at radius 2 is 1.48 bits per heavy atom. The van der Waals surface area contributed by atoms with Crippen molar-refractivity contribution in [1.82, 2.24) is 5.32 Å². The number of carbonyl (C=O) groups is 2. The fourth-order valence-electron chi connectivity index (χ4n) is 3.79. The third-order valence-electron chi connectivity index (χ3n) is 5.17. The molecule has 0 aliphatic carbocycles. The number of rotatable bonds is 5. The Labute approximate surface area is 169 Å². The molecule has 0 unspecified atom stereocenters. The van der Waals surface area contributed by atoms with Gasteiger partial charge >= 0.3 is 0 Å². The van der Waals surface area contributed by atoms with Crippen molar-refractivity contribution < 1.29 is 9.59 Å². The fourth-order valence-corrected chi connectivity index (χ4v) is 3.79. The largest absolute Gasteiger partial charge is 0.368 e. The maximum atomic E-state index is 13.3. The molecule has 0 aliphatic heterocycles. The first-order chi connectivity index (χ1) is 14.0. The zero-order valence-corrected chi connectivity index (χ0v) is 16.2. The number of hydrogen-bond acceptors (Lipinski definition) is 2. The third kappa shape index (κ3) is 3.83. The SMILES string of the molecule is Cc1cccc(C[C@@H](NC(=O)c2c3ccccc3cc3ccccc23)C(N)=O)c1. The van der Waals surface area contributed by atoms with Gasteiger partial charge in [-0.25, -0.2) is 0 Å². The molecule has 0 aromatic heterocycles. The molecule has 0 radical (unpaired) electrons. The minimum Gasteiger partial charge on any atom is -0.368 e. The zero-order chi connectivity index (χ0) is 20.4. The molecule has 4 heteroatoms. The Hall–Kier alpha value is -3.66. The molecule has 4 aromatic carbocycles. The van der Waals surface area contributed by atoms with Crippen molar-refractivity contribution in [3.8, 4) is 0 Å². The van der Waals surface area contributed by atoms with Gasteiger partial charge in [0.15, 0.2) is 0 Å². The van der Waals surface area contributed by atoms with E-state index >= 15 is 0 Å². The van der Waals surface area contributed by atoms with Crippen molar-refractivity contribution in [2.24, 2.45) is 5.73 Å². The van der Waals surface area contributed by atoms with Crippen molar-refractivity contribution in [2.75, 3.05) is 0 Å². The fraction of sp³-hybridized carbons (Fsp3) is 0.120. The van der Waals surface area contributed by atoms with Crippen molar-refractivity contribution >= 4 is 33.4 Å². The lowest BCUT2D eigenvalue weighted by molar-refractivity contribution is -0.119.